The summed E-state index contributed by atoms with van der Waals surface area (Å²) in [7, 11) is 0. The Kier molecular flexibility index (Phi) is 3.11. The summed E-state index contributed by atoms with van der Waals surface area (Å²) in [5.41, 5.74) is 0. The zero-order valence-corrected chi connectivity index (χ0v) is 11.4. The smallest absolute Gasteiger partial charge is 0.225 e. The van der Waals surface area contributed by atoms with Gasteiger partial charge >= 0.3 is 0 Å². The van der Waals surface area contributed by atoms with Crippen molar-refractivity contribution in [3.8, 4) is 0 Å². The van der Waals surface area contributed by atoms with E-state index in [9.17, 15) is 0 Å². The van der Waals surface area contributed by atoms with Gasteiger partial charge in [-0.3, -0.25) is 0 Å². The van der Waals surface area contributed by atoms with Crippen molar-refractivity contribution in [2.24, 2.45) is 0 Å². The molecule has 0 atom stereocenters. The molecule has 1 aliphatic carbocycles. The Morgan fingerprint density at radius 1 is 1.29 bits per heavy atom. The van der Waals surface area contributed by atoms with Gasteiger partial charge in [0.05, 0.1) is 4.34 Å². The molecule has 2 aromatic heterocycles. The molecule has 0 aliphatic heterocycles. The number of aryl methyl sites for hydroxylation is 1. The van der Waals surface area contributed by atoms with Gasteiger partial charge in [-0.15, -0.1) is 21.5 Å². The van der Waals surface area contributed by atoms with E-state index >= 15 is 0 Å². The normalized spacial score (nSPS) is 15.4. The van der Waals surface area contributed by atoms with E-state index in [4.69, 9.17) is 23.2 Å². The fourth-order valence-corrected chi connectivity index (χ4v) is 3.14. The molecule has 1 fully saturated rings. The van der Waals surface area contributed by atoms with Crippen LogP contribution in [0.25, 0.3) is 0 Å². The van der Waals surface area contributed by atoms with Crippen molar-refractivity contribution in [2.45, 2.75) is 31.7 Å². The molecule has 0 bridgehead atoms. The van der Waals surface area contributed by atoms with Crippen LogP contribution >= 0.6 is 34.5 Å². The average molecular weight is 288 g/mol. The highest BCUT2D eigenvalue weighted by Crippen LogP contribution is 2.39. The Bertz CT molecular complexity index is 531. The number of nitrogens with zero attached hydrogens (tertiary/aromatic N) is 3. The van der Waals surface area contributed by atoms with E-state index < -0.39 is 0 Å². The standard InChI is InChI=1S/C11H11Cl2N3S/c12-9-4-3-8(17-9)5-6-16-10(7-1-2-7)14-15-11(16)13/h3-4,7H,1-2,5-6H2. The first kappa shape index (κ1) is 11.5. The Morgan fingerprint density at radius 2 is 2.12 bits per heavy atom. The monoisotopic (exact) mass is 287 g/mol. The van der Waals surface area contributed by atoms with Gasteiger partial charge in [-0.05, 0) is 43.0 Å². The zero-order chi connectivity index (χ0) is 11.8. The molecule has 0 spiro atoms. The van der Waals surface area contributed by atoms with Crippen molar-refractivity contribution in [1.29, 1.82) is 0 Å². The molecule has 3 rings (SSSR count). The summed E-state index contributed by atoms with van der Waals surface area (Å²) in [4.78, 5) is 1.27. The summed E-state index contributed by atoms with van der Waals surface area (Å²) >= 11 is 13.6. The molecule has 90 valence electrons. The minimum atomic E-state index is 0.495. The summed E-state index contributed by atoms with van der Waals surface area (Å²) in [5.74, 6) is 1.61. The number of rotatable bonds is 4. The lowest BCUT2D eigenvalue weighted by Crippen LogP contribution is -2.05. The van der Waals surface area contributed by atoms with Crippen LogP contribution in [0.3, 0.4) is 0 Å². The molecular weight excluding hydrogens is 277 g/mol. The summed E-state index contributed by atoms with van der Waals surface area (Å²) in [5, 5.41) is 8.60. The molecule has 1 aliphatic rings. The van der Waals surface area contributed by atoms with Crippen molar-refractivity contribution in [3.05, 3.63) is 32.5 Å². The molecule has 0 N–H and O–H groups in total. The predicted octanol–water partition coefficient (Wildman–Crippen LogP) is 3.77. The first-order valence-corrected chi connectivity index (χ1v) is 7.14. The first-order chi connectivity index (χ1) is 8.24. The fourth-order valence-electron chi connectivity index (χ4n) is 1.85. The van der Waals surface area contributed by atoms with Gasteiger partial charge in [0.15, 0.2) is 0 Å². The van der Waals surface area contributed by atoms with E-state index in [1.54, 1.807) is 11.3 Å². The second-order valence-electron chi connectivity index (χ2n) is 4.21. The lowest BCUT2D eigenvalue weighted by Gasteiger charge is -2.05. The van der Waals surface area contributed by atoms with Crippen molar-refractivity contribution >= 4 is 34.5 Å². The average Bonchev–Trinajstić information content (AvgIpc) is 2.97. The van der Waals surface area contributed by atoms with Crippen LogP contribution in [0.2, 0.25) is 9.62 Å². The Labute approximate surface area is 113 Å². The number of hydrogen-bond acceptors (Lipinski definition) is 3. The van der Waals surface area contributed by atoms with Crippen molar-refractivity contribution < 1.29 is 0 Å². The third-order valence-corrected chi connectivity index (χ3v) is 4.46. The SMILES string of the molecule is Clc1ccc(CCn2c(Cl)nnc2C2CC2)s1. The summed E-state index contributed by atoms with van der Waals surface area (Å²) in [6.07, 6.45) is 3.34. The number of thiophene rings is 1. The molecule has 0 saturated heterocycles. The molecule has 2 aromatic rings. The van der Waals surface area contributed by atoms with Crippen molar-refractivity contribution in [1.82, 2.24) is 14.8 Å². The van der Waals surface area contributed by atoms with E-state index in [2.05, 4.69) is 16.3 Å². The molecule has 6 heteroatoms. The first-order valence-electron chi connectivity index (χ1n) is 5.57. The maximum absolute atomic E-state index is 6.05. The predicted molar refractivity (Wildman–Crippen MR) is 70.0 cm³/mol. The van der Waals surface area contributed by atoms with Crippen LogP contribution in [0.4, 0.5) is 0 Å². The topological polar surface area (TPSA) is 30.7 Å². The van der Waals surface area contributed by atoms with Gasteiger partial charge in [0.1, 0.15) is 5.82 Å². The van der Waals surface area contributed by atoms with Gasteiger partial charge in [0.2, 0.25) is 5.28 Å². The van der Waals surface area contributed by atoms with E-state index in [-0.39, 0.29) is 0 Å². The number of hydrogen-bond donors (Lipinski definition) is 0. The lowest BCUT2D eigenvalue weighted by molar-refractivity contribution is 0.657. The van der Waals surface area contributed by atoms with Gasteiger partial charge < -0.3 is 4.57 Å². The van der Waals surface area contributed by atoms with Crippen molar-refractivity contribution in [2.75, 3.05) is 0 Å². The molecule has 0 radical (unpaired) electrons. The third kappa shape index (κ3) is 2.49. The van der Waals surface area contributed by atoms with E-state index in [0.717, 1.165) is 23.1 Å². The van der Waals surface area contributed by atoms with Crippen LogP contribution < -0.4 is 0 Å². The summed E-state index contributed by atoms with van der Waals surface area (Å²) in [6, 6.07) is 3.99. The van der Waals surface area contributed by atoms with Crippen molar-refractivity contribution in [3.63, 3.8) is 0 Å². The Morgan fingerprint density at radius 3 is 2.76 bits per heavy atom. The fraction of sp³-hybridized carbons (Fsp3) is 0.455. The molecule has 0 amide bonds. The Balaban J connectivity index is 1.74. The van der Waals surface area contributed by atoms with E-state index in [1.807, 2.05) is 10.6 Å². The van der Waals surface area contributed by atoms with E-state index in [1.165, 1.54) is 17.7 Å². The third-order valence-electron chi connectivity index (χ3n) is 2.89. The van der Waals surface area contributed by atoms with Crippen LogP contribution in [0.1, 0.15) is 29.5 Å². The molecule has 0 unspecified atom stereocenters. The maximum Gasteiger partial charge on any atom is 0.225 e. The quantitative estimate of drug-likeness (QED) is 0.857. The minimum Gasteiger partial charge on any atom is -0.301 e. The lowest BCUT2D eigenvalue weighted by atomic mass is 10.3. The molecule has 1 saturated carbocycles. The molecular formula is C11H11Cl2N3S. The van der Waals surface area contributed by atoms with Crippen LogP contribution in [-0.4, -0.2) is 14.8 Å². The highest BCUT2D eigenvalue weighted by atomic mass is 35.5. The van der Waals surface area contributed by atoms with Crippen LogP contribution in [-0.2, 0) is 13.0 Å². The zero-order valence-electron chi connectivity index (χ0n) is 9.07. The Hall–Kier alpha value is -0.580. The molecule has 0 aromatic carbocycles. The van der Waals surface area contributed by atoms with Crippen LogP contribution in [0.5, 0.6) is 0 Å². The van der Waals surface area contributed by atoms with Gasteiger partial charge in [-0.1, -0.05) is 11.6 Å². The second-order valence-corrected chi connectivity index (χ2v) is 6.35. The molecule has 17 heavy (non-hydrogen) atoms. The second kappa shape index (κ2) is 4.59. The van der Waals surface area contributed by atoms with Gasteiger partial charge in [-0.25, -0.2) is 0 Å². The molecule has 3 nitrogen and oxygen atoms in total. The summed E-state index contributed by atoms with van der Waals surface area (Å²) < 4.78 is 2.85. The van der Waals surface area contributed by atoms with Gasteiger partial charge in [0.25, 0.3) is 0 Å². The largest absolute Gasteiger partial charge is 0.301 e. The van der Waals surface area contributed by atoms with Gasteiger partial charge in [0, 0.05) is 17.3 Å². The molecule has 2 heterocycles. The number of aromatic nitrogens is 3. The minimum absolute atomic E-state index is 0.495. The highest BCUT2D eigenvalue weighted by Gasteiger charge is 2.29. The van der Waals surface area contributed by atoms with Crippen LogP contribution in [0, 0.1) is 0 Å². The maximum atomic E-state index is 6.05. The highest BCUT2D eigenvalue weighted by molar-refractivity contribution is 7.16. The van der Waals surface area contributed by atoms with Gasteiger partial charge in [-0.2, -0.15) is 0 Å². The number of halogens is 2. The summed E-state index contributed by atoms with van der Waals surface area (Å²) in [6.45, 7) is 0.828. The van der Waals surface area contributed by atoms with Crippen LogP contribution in [0.15, 0.2) is 12.1 Å². The van der Waals surface area contributed by atoms with E-state index in [0.29, 0.717) is 11.2 Å².